The Hall–Kier alpha value is -11.4. The van der Waals surface area contributed by atoms with Crippen molar-refractivity contribution in [3.8, 4) is 57.5 Å². The Morgan fingerprint density at radius 2 is 0.736 bits per heavy atom. The van der Waals surface area contributed by atoms with Crippen LogP contribution in [0, 0.1) is 20.6 Å². The van der Waals surface area contributed by atoms with Crippen LogP contribution in [0.4, 0.5) is 199 Å². The minimum Gasteiger partial charge on any atom is -0.508 e. The summed E-state index contributed by atoms with van der Waals surface area (Å²) in [6, 6.07) is 23.2. The average Bonchev–Trinajstić information content (AvgIpc) is 0.711. The van der Waals surface area contributed by atoms with Crippen LogP contribution < -0.4 is 9.47 Å². The van der Waals surface area contributed by atoms with Gasteiger partial charge in [0.15, 0.2) is 11.7 Å². The summed E-state index contributed by atoms with van der Waals surface area (Å²) >= 11 is 7.53. The monoisotopic (exact) mass is 2240 g/mol. The molecule has 0 aliphatic rings. The molecule has 0 spiro atoms. The fraction of sp³-hybridized carbons (Fsp3) is 0.358. The van der Waals surface area contributed by atoms with Gasteiger partial charge in [0, 0.05) is 44.3 Å². The van der Waals surface area contributed by atoms with Gasteiger partial charge in [0.2, 0.25) is 11.7 Å². The summed E-state index contributed by atoms with van der Waals surface area (Å²) in [5, 5.41) is 82.1. The molecular formula is C81H63ClF44INO12. The van der Waals surface area contributed by atoms with Crippen LogP contribution in [0.5, 0.6) is 57.5 Å². The number of ether oxygens (including phenoxy) is 2. The molecule has 140 heavy (non-hydrogen) atoms. The third-order valence-corrected chi connectivity index (χ3v) is 17.7. The Kier molecular flexibility index (Phi) is 42.9. The number of hydrogen-bond donors (Lipinski definition) is 8. The summed E-state index contributed by atoms with van der Waals surface area (Å²) in [5.74, 6) is -52.4. The van der Waals surface area contributed by atoms with Crippen molar-refractivity contribution in [1.29, 1.82) is 0 Å². The van der Waals surface area contributed by atoms with Crippen LogP contribution in [0.3, 0.4) is 0 Å². The van der Waals surface area contributed by atoms with Gasteiger partial charge in [-0.2, -0.15) is 184 Å². The van der Waals surface area contributed by atoms with Crippen LogP contribution in [0.1, 0.15) is 90.6 Å². The maximum atomic E-state index is 13.9. The van der Waals surface area contributed by atoms with E-state index in [-0.39, 0.29) is 53.8 Å². The first-order valence-electron chi connectivity index (χ1n) is 36.6. The van der Waals surface area contributed by atoms with Crippen LogP contribution >= 0.6 is 34.2 Å². The van der Waals surface area contributed by atoms with Crippen molar-refractivity contribution in [2.45, 2.75) is 175 Å². The second kappa shape index (κ2) is 47.4. The van der Waals surface area contributed by atoms with E-state index >= 15 is 0 Å². The molecule has 0 radical (unpaired) electrons. The number of methoxy groups -OCH3 is 1. The van der Waals surface area contributed by atoms with Gasteiger partial charge >= 0.3 is 91.4 Å². The van der Waals surface area contributed by atoms with Crippen molar-refractivity contribution < 1.29 is 248 Å². The molecule has 786 valence electrons. The first kappa shape index (κ1) is 127. The number of phenolic OH excluding ortho intramolecular Hbond substituents is 8. The highest BCUT2D eigenvalue weighted by atomic mass is 127. The summed E-state index contributed by atoms with van der Waals surface area (Å²) in [5.41, 5.74) is -19.1. The number of halogens is 46. The average molecular weight is 2240 g/mol. The zero-order valence-corrected chi connectivity index (χ0v) is 72.6. The lowest BCUT2D eigenvalue weighted by Crippen LogP contribution is -2.70. The smallest absolute Gasteiger partial charge is 0.460 e. The van der Waals surface area contributed by atoms with Crippen LogP contribution in [0.25, 0.3) is 11.7 Å². The molecule has 8 aromatic rings. The highest BCUT2D eigenvalue weighted by Crippen LogP contribution is 2.65. The normalized spacial score (nSPS) is 13.3. The van der Waals surface area contributed by atoms with E-state index < -0.39 is 222 Å². The molecule has 8 aromatic carbocycles. The molecule has 8 N–H and O–H groups in total. The number of nitrogens with zero attached hydrogens (tertiary/aromatic N) is 1. The van der Waals surface area contributed by atoms with Gasteiger partial charge in [-0.15, -0.1) is 0 Å². The van der Waals surface area contributed by atoms with Gasteiger partial charge in [-0.3, -0.25) is 10.1 Å². The first-order chi connectivity index (χ1) is 62.7. The molecule has 0 unspecified atom stereocenters. The summed E-state index contributed by atoms with van der Waals surface area (Å²) in [7, 11) is 1.34. The minimum absolute atomic E-state index is 0.0922. The molecular weight excluding hydrogens is 2180 g/mol. The first-order valence-corrected chi connectivity index (χ1v) is 38.1. The number of aryl methyl sites for hydroxylation is 3. The van der Waals surface area contributed by atoms with Crippen LogP contribution in [0.15, 0.2) is 169 Å². The van der Waals surface area contributed by atoms with Gasteiger partial charge in [-0.1, -0.05) is 56.5 Å². The van der Waals surface area contributed by atoms with Crippen molar-refractivity contribution in [3.05, 3.63) is 238 Å². The predicted octanol–water partition coefficient (Wildman–Crippen LogP) is 30.8. The molecule has 0 atom stereocenters. The molecule has 0 aliphatic heterocycles. The molecule has 0 heterocycles. The Morgan fingerprint density at radius 1 is 0.371 bits per heavy atom. The number of nitro benzene ring substituents is 1. The molecule has 0 amide bonds. The summed E-state index contributed by atoms with van der Waals surface area (Å²) in [6.45, 7) is 8.43. The Morgan fingerprint density at radius 3 is 1.10 bits per heavy atom. The van der Waals surface area contributed by atoms with E-state index in [9.17, 15) is 214 Å². The van der Waals surface area contributed by atoms with Gasteiger partial charge in [-0.05, 0) is 205 Å². The van der Waals surface area contributed by atoms with E-state index in [0.717, 1.165) is 58.4 Å². The maximum absolute atomic E-state index is 13.9. The van der Waals surface area contributed by atoms with Gasteiger partial charge in [0.1, 0.15) is 57.5 Å². The van der Waals surface area contributed by atoms with Gasteiger partial charge < -0.3 is 50.3 Å². The van der Waals surface area contributed by atoms with E-state index in [0.29, 0.717) is 53.6 Å². The second-order valence-electron chi connectivity index (χ2n) is 28.1. The molecule has 0 saturated heterocycles. The van der Waals surface area contributed by atoms with Crippen molar-refractivity contribution in [2.75, 3.05) is 7.11 Å². The minimum atomic E-state index is -7.95. The number of nitro groups is 1. The third-order valence-electron chi connectivity index (χ3n) is 16.9. The van der Waals surface area contributed by atoms with E-state index in [1.165, 1.54) is 45.6 Å². The summed E-state index contributed by atoms with van der Waals surface area (Å²) in [6.07, 6.45) is -64.2. The second-order valence-corrected chi connectivity index (χ2v) is 29.8. The lowest BCUT2D eigenvalue weighted by molar-refractivity contribution is -0.439. The molecule has 0 saturated carbocycles. The third kappa shape index (κ3) is 32.8. The number of phenols is 8. The highest BCUT2D eigenvalue weighted by molar-refractivity contribution is 14.1. The molecule has 13 nitrogen and oxygen atoms in total. The standard InChI is InChI=1S/C16H13F13O2.C13H11F9O.C10H5F9O2.C10H7F5O.C9H4ClF5O.C9H12O.C7H4F3NO3.C7H7IO/c1-7(2)31-10-4-8(3-9(30)5-10)6-11(17,18)12(19,20)13(21,22)14(23,24)15(25,26)16(27,28)29;1-2-3-7-4-8(6-9(23)5-7)10(11(14,15)16,12(17,18)19)13(20,21)22;11-8(12,13)7(9(14,15)16,10(17,18)19)4-1-5(20)3-6(21)2-4;1-16-7-4-2-6(3-5-7)8(11)9(12)10(13,14)15;10-5-1-4(2-6(16)3-5)7(11)8(12)9(13,14)15;1-2-3-8-4-6-9(10)7-5-8;8-7(9,10)4-1-5(11(13)14)3-6(12)2-4;1-5-2-6(8)4-7(9)3-5/h3-5,7,30H,6H2,1-2H3;4-6,23H,2-3H2,1H3;1-3,20-21H;2-5H,1H3;1-3,16H;4-7,10H,2-3H2,1H3;1-3,12H;2-4,9H,1H3/b;;;9-8+;8-7+;;;. The van der Waals surface area contributed by atoms with Crippen LogP contribution in [0.2, 0.25) is 5.02 Å². The van der Waals surface area contributed by atoms with Crippen LogP contribution in [-0.4, -0.2) is 144 Å². The highest BCUT2D eigenvalue weighted by Gasteiger charge is 2.91. The van der Waals surface area contributed by atoms with Crippen molar-refractivity contribution in [1.82, 2.24) is 0 Å². The number of non-ortho nitro benzene ring substituents is 1. The number of rotatable bonds is 18. The molecule has 8 rings (SSSR count). The summed E-state index contributed by atoms with van der Waals surface area (Å²) in [4.78, 5) is 9.15. The number of alkyl halides is 40. The number of hydrogen-bond acceptors (Lipinski definition) is 12. The molecule has 0 bridgehead atoms. The Balaban J connectivity index is 0.000000821. The van der Waals surface area contributed by atoms with E-state index in [2.05, 4.69) is 29.5 Å². The van der Waals surface area contributed by atoms with E-state index in [4.69, 9.17) is 51.7 Å². The Bertz CT molecular complexity index is 5280. The quantitative estimate of drug-likeness (QED) is 0.0174. The zero-order chi connectivity index (χ0) is 110. The topological polar surface area (TPSA) is 223 Å². The van der Waals surface area contributed by atoms with Crippen molar-refractivity contribution in [3.63, 3.8) is 0 Å². The lowest BCUT2D eigenvalue weighted by atomic mass is 9.77. The fourth-order valence-corrected chi connectivity index (χ4v) is 11.8. The predicted molar refractivity (Wildman–Crippen MR) is 414 cm³/mol. The van der Waals surface area contributed by atoms with Crippen molar-refractivity contribution in [2.24, 2.45) is 0 Å². The Labute approximate surface area is 775 Å². The van der Waals surface area contributed by atoms with Gasteiger partial charge in [-0.25, -0.2) is 8.78 Å². The van der Waals surface area contributed by atoms with Crippen LogP contribution in [-0.2, 0) is 36.3 Å². The number of benzene rings is 8. The molecule has 0 aliphatic carbocycles. The van der Waals surface area contributed by atoms with Gasteiger partial charge in [0.05, 0.1) is 29.8 Å². The van der Waals surface area contributed by atoms with Gasteiger partial charge in [0.25, 0.3) is 16.5 Å². The SMILES string of the molecule is CC(C)Oc1cc(O)cc(CC(F)(F)C(F)(F)C(F)(F)C(F)(F)C(F)(F)C(F)(F)F)c1.CCCc1cc(O)cc(C(C(F)(F)F)(C(F)(F)F)C(F)(F)F)c1.CCCc1ccc(O)cc1.COc1ccc(/C(F)=C(\F)C(F)(F)F)cc1.Cc1cc(O)cc(I)c1.O=[N+]([O-])c1cc(O)cc(C(F)(F)F)c1.Oc1cc(Cl)cc(/C(F)=C(\F)C(F)(F)F)c1.Oc1cc(O)cc(C(C(F)(F)F)(C(F)(F)F)C(F)(F)F)c1. The molecule has 0 fully saturated rings. The maximum Gasteiger partial charge on any atom is 0.460 e. The molecule has 0 aromatic heterocycles. The largest absolute Gasteiger partial charge is 0.508 e. The molecule has 59 heteroatoms. The summed E-state index contributed by atoms with van der Waals surface area (Å²) < 4.78 is 571. The number of aromatic hydroxyl groups is 8. The van der Waals surface area contributed by atoms with E-state index in [1.54, 1.807) is 24.3 Å². The fourth-order valence-electron chi connectivity index (χ4n) is 10.8. The van der Waals surface area contributed by atoms with Crippen molar-refractivity contribution >= 4 is 51.5 Å². The van der Waals surface area contributed by atoms with E-state index in [1.807, 2.05) is 25.1 Å². The zero-order valence-electron chi connectivity index (χ0n) is 69.7. The lowest BCUT2D eigenvalue weighted by Gasteiger charge is -2.39. The number of allylic oxidation sites excluding steroid dienone is 2.